The van der Waals surface area contributed by atoms with E-state index >= 15 is 0 Å². The highest BCUT2D eigenvalue weighted by Crippen LogP contribution is 2.20. The van der Waals surface area contributed by atoms with E-state index in [9.17, 15) is 23.3 Å². The lowest BCUT2D eigenvalue weighted by molar-refractivity contribution is -0.384. The Morgan fingerprint density at radius 2 is 1.93 bits per heavy atom. The summed E-state index contributed by atoms with van der Waals surface area (Å²) in [6, 6.07) is 9.41. The summed E-state index contributed by atoms with van der Waals surface area (Å²) in [5.41, 5.74) is 2.43. The maximum absolute atomic E-state index is 12.6. The van der Waals surface area contributed by atoms with Crippen LogP contribution in [0.25, 0.3) is 0 Å². The van der Waals surface area contributed by atoms with Crippen molar-refractivity contribution < 1.29 is 18.1 Å². The number of carbonyl (C=O) groups excluding carboxylic acids is 1. The molecule has 0 heterocycles. The lowest BCUT2D eigenvalue weighted by atomic mass is 10.2. The van der Waals surface area contributed by atoms with Crippen molar-refractivity contribution in [2.75, 3.05) is 13.1 Å². The van der Waals surface area contributed by atoms with Crippen LogP contribution < -0.4 is 5.43 Å². The van der Waals surface area contributed by atoms with Crippen molar-refractivity contribution in [1.82, 2.24) is 9.73 Å². The van der Waals surface area contributed by atoms with E-state index in [0.717, 1.165) is 0 Å². The highest BCUT2D eigenvalue weighted by molar-refractivity contribution is 7.89. The van der Waals surface area contributed by atoms with Crippen LogP contribution in [-0.2, 0) is 10.0 Å². The molecule has 0 spiro atoms. The molecule has 0 aliphatic heterocycles. The van der Waals surface area contributed by atoms with Crippen LogP contribution in [0.3, 0.4) is 0 Å². The highest BCUT2D eigenvalue weighted by Gasteiger charge is 2.22. The van der Waals surface area contributed by atoms with Gasteiger partial charge in [-0.15, -0.1) is 0 Å². The molecule has 2 rings (SSSR count). The van der Waals surface area contributed by atoms with Gasteiger partial charge in [-0.3, -0.25) is 14.9 Å². The number of benzene rings is 2. The maximum atomic E-state index is 12.6. The van der Waals surface area contributed by atoms with E-state index in [2.05, 4.69) is 10.5 Å². The van der Waals surface area contributed by atoms with Gasteiger partial charge in [0.1, 0.15) is 0 Å². The number of hydrazone groups is 1. The molecule has 1 amide bonds. The third-order valence-corrected chi connectivity index (χ3v) is 6.39. The molecule has 0 atom stereocenters. The summed E-state index contributed by atoms with van der Waals surface area (Å²) in [6.45, 7) is 4.07. The zero-order valence-electron chi connectivity index (χ0n) is 15.7. The Hall–Kier alpha value is -2.82. The average molecular weight is 439 g/mol. The lowest BCUT2D eigenvalue weighted by Gasteiger charge is -2.18. The molecule has 0 aliphatic rings. The average Bonchev–Trinajstić information content (AvgIpc) is 2.70. The minimum Gasteiger partial charge on any atom is -0.267 e. The second-order valence-electron chi connectivity index (χ2n) is 5.78. The van der Waals surface area contributed by atoms with Crippen molar-refractivity contribution in [2.45, 2.75) is 18.7 Å². The zero-order valence-corrected chi connectivity index (χ0v) is 17.3. The van der Waals surface area contributed by atoms with Gasteiger partial charge in [-0.2, -0.15) is 9.41 Å². The first kappa shape index (κ1) is 22.5. The Morgan fingerprint density at radius 3 is 2.55 bits per heavy atom. The maximum Gasteiger partial charge on any atom is 0.271 e. The summed E-state index contributed by atoms with van der Waals surface area (Å²) in [6.07, 6.45) is 1.17. The van der Waals surface area contributed by atoms with E-state index < -0.39 is 20.9 Å². The van der Waals surface area contributed by atoms with Crippen molar-refractivity contribution >= 4 is 39.4 Å². The minimum atomic E-state index is -3.71. The monoisotopic (exact) mass is 438 g/mol. The first-order valence-electron chi connectivity index (χ1n) is 8.58. The van der Waals surface area contributed by atoms with Gasteiger partial charge in [0.15, 0.2) is 0 Å². The molecule has 0 fully saturated rings. The third-order valence-electron chi connectivity index (χ3n) is 4.00. The number of non-ortho nitro benzene ring substituents is 1. The van der Waals surface area contributed by atoms with Gasteiger partial charge in [0.25, 0.3) is 11.6 Å². The molecule has 0 bridgehead atoms. The van der Waals surface area contributed by atoms with Crippen molar-refractivity contribution in [3.63, 3.8) is 0 Å². The predicted molar refractivity (Wildman–Crippen MR) is 110 cm³/mol. The summed E-state index contributed by atoms with van der Waals surface area (Å²) >= 11 is 5.96. The fourth-order valence-electron chi connectivity index (χ4n) is 2.48. The fourth-order valence-corrected chi connectivity index (χ4v) is 4.15. The number of sulfonamides is 1. The van der Waals surface area contributed by atoms with E-state index in [4.69, 9.17) is 11.6 Å². The minimum absolute atomic E-state index is 0.000409. The van der Waals surface area contributed by atoms with Gasteiger partial charge in [-0.25, -0.2) is 13.8 Å². The zero-order chi connectivity index (χ0) is 21.6. The number of nitro groups is 1. The van der Waals surface area contributed by atoms with Gasteiger partial charge in [0.05, 0.1) is 16.0 Å². The Balaban J connectivity index is 2.20. The number of hydrogen-bond donors (Lipinski definition) is 1. The van der Waals surface area contributed by atoms with Crippen LogP contribution in [0.1, 0.15) is 29.8 Å². The summed E-state index contributed by atoms with van der Waals surface area (Å²) in [4.78, 5) is 22.6. The number of nitro benzene ring substituents is 1. The normalized spacial score (nSPS) is 11.7. The molecule has 154 valence electrons. The standard InChI is InChI=1S/C18H19ClN4O5S/c1-3-22(4-2)29(27,28)16-7-5-6-13(11-16)18(24)21-20-12-14-10-15(23(25)26)8-9-17(14)19/h5-12H,3-4H2,1-2H3,(H,21,24)/b20-12+. The Labute approximate surface area is 173 Å². The van der Waals surface area contributed by atoms with Crippen LogP contribution in [0.15, 0.2) is 52.5 Å². The lowest BCUT2D eigenvalue weighted by Crippen LogP contribution is -2.30. The molecular formula is C18H19ClN4O5S. The van der Waals surface area contributed by atoms with Gasteiger partial charge >= 0.3 is 0 Å². The molecule has 2 aromatic carbocycles. The number of halogens is 1. The number of nitrogens with one attached hydrogen (secondary N) is 1. The Morgan fingerprint density at radius 1 is 1.24 bits per heavy atom. The van der Waals surface area contributed by atoms with Crippen molar-refractivity contribution in [3.8, 4) is 0 Å². The molecule has 29 heavy (non-hydrogen) atoms. The molecule has 11 heteroatoms. The quantitative estimate of drug-likeness (QED) is 0.385. The van der Waals surface area contributed by atoms with E-state index in [1.165, 1.54) is 53.0 Å². The Bertz CT molecular complexity index is 1050. The van der Waals surface area contributed by atoms with Gasteiger partial charge in [-0.05, 0) is 24.3 Å². The van der Waals surface area contributed by atoms with Crippen LogP contribution in [0.5, 0.6) is 0 Å². The number of rotatable bonds is 8. The van der Waals surface area contributed by atoms with E-state index in [-0.39, 0.29) is 26.7 Å². The number of nitrogens with zero attached hydrogens (tertiary/aromatic N) is 3. The molecule has 0 aliphatic carbocycles. The van der Waals surface area contributed by atoms with E-state index in [0.29, 0.717) is 13.1 Å². The van der Waals surface area contributed by atoms with Crippen molar-refractivity contribution in [1.29, 1.82) is 0 Å². The summed E-state index contributed by atoms with van der Waals surface area (Å²) in [7, 11) is -3.71. The number of carbonyl (C=O) groups is 1. The van der Waals surface area contributed by atoms with Crippen LogP contribution in [0.2, 0.25) is 5.02 Å². The molecule has 0 saturated carbocycles. The second-order valence-corrected chi connectivity index (χ2v) is 8.12. The molecule has 0 saturated heterocycles. The van der Waals surface area contributed by atoms with Crippen LogP contribution in [0, 0.1) is 10.1 Å². The van der Waals surface area contributed by atoms with Gasteiger partial charge < -0.3 is 0 Å². The van der Waals surface area contributed by atoms with Crippen molar-refractivity contribution in [3.05, 3.63) is 68.7 Å². The Kier molecular flexibility index (Phi) is 7.43. The second kappa shape index (κ2) is 9.59. The van der Waals surface area contributed by atoms with Crippen LogP contribution in [-0.4, -0.2) is 42.9 Å². The fraction of sp³-hybridized carbons (Fsp3) is 0.222. The largest absolute Gasteiger partial charge is 0.271 e. The van der Waals surface area contributed by atoms with Crippen molar-refractivity contribution in [2.24, 2.45) is 5.10 Å². The predicted octanol–water partition coefficient (Wildman–Crippen LogP) is 3.04. The van der Waals surface area contributed by atoms with Gasteiger partial charge in [0, 0.05) is 41.4 Å². The molecule has 0 unspecified atom stereocenters. The number of hydrogen-bond acceptors (Lipinski definition) is 6. The first-order chi connectivity index (χ1) is 13.7. The molecule has 9 nitrogen and oxygen atoms in total. The van der Waals surface area contributed by atoms with Crippen LogP contribution in [0.4, 0.5) is 5.69 Å². The SMILES string of the molecule is CCN(CC)S(=O)(=O)c1cccc(C(=O)N/N=C/c2cc([N+](=O)[O-])ccc2Cl)c1. The smallest absolute Gasteiger partial charge is 0.267 e. The summed E-state index contributed by atoms with van der Waals surface area (Å²) in [5, 5.41) is 14.8. The van der Waals surface area contributed by atoms with Crippen LogP contribution >= 0.6 is 11.6 Å². The van der Waals surface area contributed by atoms with E-state index in [1.807, 2.05) is 0 Å². The topological polar surface area (TPSA) is 122 Å². The third kappa shape index (κ3) is 5.37. The highest BCUT2D eigenvalue weighted by atomic mass is 35.5. The molecule has 0 aromatic heterocycles. The molecule has 2 aromatic rings. The molecular weight excluding hydrogens is 420 g/mol. The van der Waals surface area contributed by atoms with E-state index in [1.54, 1.807) is 13.8 Å². The summed E-state index contributed by atoms with van der Waals surface area (Å²) < 4.78 is 26.5. The first-order valence-corrected chi connectivity index (χ1v) is 10.4. The molecule has 1 N–H and O–H groups in total. The van der Waals surface area contributed by atoms with Gasteiger partial charge in [-0.1, -0.05) is 31.5 Å². The molecule has 0 radical (unpaired) electrons. The number of amides is 1. The van der Waals surface area contributed by atoms with Gasteiger partial charge in [0.2, 0.25) is 10.0 Å². The summed E-state index contributed by atoms with van der Waals surface area (Å²) in [5.74, 6) is -0.639.